The van der Waals surface area contributed by atoms with Crippen molar-refractivity contribution in [3.05, 3.63) is 0 Å². The molecular weight excluding hydrogens is 236 g/mol. The number of carbonyl (C=O) groups is 2. The molecule has 1 saturated carbocycles. The number of rotatable bonds is 6. The molecule has 1 rings (SSSR count). The molecule has 2 heteroatoms. The summed E-state index contributed by atoms with van der Waals surface area (Å²) in [7, 11) is 0. The summed E-state index contributed by atoms with van der Waals surface area (Å²) in [5.41, 5.74) is 0. The molecule has 0 aliphatic heterocycles. The molecule has 0 spiro atoms. The Morgan fingerprint density at radius 1 is 0.842 bits per heavy atom. The lowest BCUT2D eigenvalue weighted by molar-refractivity contribution is -0.111. The fourth-order valence-corrected chi connectivity index (χ4v) is 2.46. The molecule has 0 aromatic rings. The molecular formula is C17H32O2. The predicted molar refractivity (Wildman–Crippen MR) is 81.3 cm³/mol. The van der Waals surface area contributed by atoms with E-state index in [0.717, 1.165) is 38.3 Å². The van der Waals surface area contributed by atoms with Gasteiger partial charge in [0.15, 0.2) is 0 Å². The topological polar surface area (TPSA) is 34.1 Å². The Morgan fingerprint density at radius 2 is 1.42 bits per heavy atom. The van der Waals surface area contributed by atoms with Gasteiger partial charge in [0, 0.05) is 12.3 Å². The van der Waals surface area contributed by atoms with Crippen molar-refractivity contribution < 1.29 is 9.59 Å². The minimum Gasteiger partial charge on any atom is -0.303 e. The maximum Gasteiger partial charge on any atom is 0.123 e. The standard InChI is InChI=1S/C10H18O.C7H14O/c11-9-10-7-5-3-1-2-4-6-8-10;1-2-3-4-5-6-7-8/h9-10H,1-8H2;7H,2-6H2,1H3. The van der Waals surface area contributed by atoms with Crippen LogP contribution in [0.3, 0.4) is 0 Å². The van der Waals surface area contributed by atoms with Crippen LogP contribution in [0.1, 0.15) is 90.4 Å². The quantitative estimate of drug-likeness (QED) is 0.496. The van der Waals surface area contributed by atoms with Crippen LogP contribution in [-0.4, -0.2) is 12.6 Å². The van der Waals surface area contributed by atoms with Gasteiger partial charge in [0.05, 0.1) is 0 Å². The Kier molecular flexibility index (Phi) is 14.9. The van der Waals surface area contributed by atoms with E-state index in [0.29, 0.717) is 5.92 Å². The second-order valence-corrected chi connectivity index (χ2v) is 5.61. The normalized spacial score (nSPS) is 17.3. The Bertz CT molecular complexity index is 191. The third-order valence-corrected chi connectivity index (χ3v) is 3.77. The molecule has 112 valence electrons. The smallest absolute Gasteiger partial charge is 0.123 e. The molecule has 1 fully saturated rings. The van der Waals surface area contributed by atoms with Crippen molar-refractivity contribution in [2.24, 2.45) is 5.92 Å². The minimum absolute atomic E-state index is 0.382. The van der Waals surface area contributed by atoms with Gasteiger partial charge < -0.3 is 9.59 Å². The summed E-state index contributed by atoms with van der Waals surface area (Å²) >= 11 is 0. The van der Waals surface area contributed by atoms with E-state index in [1.165, 1.54) is 57.8 Å². The zero-order valence-corrected chi connectivity index (χ0v) is 12.7. The molecule has 1 aliphatic carbocycles. The first kappa shape index (κ1) is 18.3. The molecule has 1 aliphatic rings. The second kappa shape index (κ2) is 15.4. The number of unbranched alkanes of at least 4 members (excludes halogenated alkanes) is 4. The molecule has 0 radical (unpaired) electrons. The van der Waals surface area contributed by atoms with Crippen LogP contribution in [0, 0.1) is 5.92 Å². The monoisotopic (exact) mass is 268 g/mol. The first-order valence-corrected chi connectivity index (χ1v) is 8.24. The number of hydrogen-bond donors (Lipinski definition) is 0. The highest BCUT2D eigenvalue weighted by molar-refractivity contribution is 5.53. The van der Waals surface area contributed by atoms with Crippen LogP contribution in [0.25, 0.3) is 0 Å². The van der Waals surface area contributed by atoms with Crippen LogP contribution in [-0.2, 0) is 9.59 Å². The average Bonchev–Trinajstić information content (AvgIpc) is 2.57. The molecule has 0 bridgehead atoms. The Morgan fingerprint density at radius 3 is 1.89 bits per heavy atom. The minimum atomic E-state index is 0.382. The van der Waals surface area contributed by atoms with Crippen LogP contribution < -0.4 is 0 Å². The predicted octanol–water partition coefficient (Wildman–Crippen LogP) is 5.09. The molecule has 0 atom stereocenters. The highest BCUT2D eigenvalue weighted by atomic mass is 16.1. The lowest BCUT2D eigenvalue weighted by Crippen LogP contribution is -2.00. The van der Waals surface area contributed by atoms with Gasteiger partial charge >= 0.3 is 0 Å². The van der Waals surface area contributed by atoms with E-state index < -0.39 is 0 Å². The Labute approximate surface area is 119 Å². The summed E-state index contributed by atoms with van der Waals surface area (Å²) in [4.78, 5) is 20.3. The molecule has 2 nitrogen and oxygen atoms in total. The number of carbonyl (C=O) groups excluding carboxylic acids is 2. The van der Waals surface area contributed by atoms with Crippen LogP contribution >= 0.6 is 0 Å². The summed E-state index contributed by atoms with van der Waals surface area (Å²) in [5.74, 6) is 0.382. The zero-order valence-electron chi connectivity index (χ0n) is 12.7. The van der Waals surface area contributed by atoms with Gasteiger partial charge in [0.2, 0.25) is 0 Å². The highest BCUT2D eigenvalue weighted by Crippen LogP contribution is 2.19. The van der Waals surface area contributed by atoms with E-state index in [1.54, 1.807) is 0 Å². The largest absolute Gasteiger partial charge is 0.303 e. The number of aldehydes is 2. The van der Waals surface area contributed by atoms with Crippen molar-refractivity contribution in [2.75, 3.05) is 0 Å². The van der Waals surface area contributed by atoms with Gasteiger partial charge in [0.1, 0.15) is 12.6 Å². The fraction of sp³-hybridized carbons (Fsp3) is 0.882. The van der Waals surface area contributed by atoms with Crippen LogP contribution in [0.4, 0.5) is 0 Å². The Balaban J connectivity index is 0.000000362. The summed E-state index contributed by atoms with van der Waals surface area (Å²) in [5, 5.41) is 0. The maximum absolute atomic E-state index is 10.5. The van der Waals surface area contributed by atoms with E-state index in [2.05, 4.69) is 6.92 Å². The van der Waals surface area contributed by atoms with E-state index in [4.69, 9.17) is 0 Å². The molecule has 0 aromatic carbocycles. The Hall–Kier alpha value is -0.660. The van der Waals surface area contributed by atoms with Gasteiger partial charge in [-0.15, -0.1) is 0 Å². The zero-order chi connectivity index (χ0) is 14.2. The van der Waals surface area contributed by atoms with E-state index in [1.807, 2.05) is 0 Å². The van der Waals surface area contributed by atoms with Gasteiger partial charge in [0.25, 0.3) is 0 Å². The van der Waals surface area contributed by atoms with Crippen molar-refractivity contribution in [1.29, 1.82) is 0 Å². The highest BCUT2D eigenvalue weighted by Gasteiger charge is 2.08. The third-order valence-electron chi connectivity index (χ3n) is 3.77. The maximum atomic E-state index is 10.5. The molecule has 0 aromatic heterocycles. The molecule has 19 heavy (non-hydrogen) atoms. The van der Waals surface area contributed by atoms with Gasteiger partial charge in [-0.3, -0.25) is 0 Å². The average molecular weight is 268 g/mol. The first-order chi connectivity index (χ1) is 9.35. The third kappa shape index (κ3) is 13.6. The molecule has 0 heterocycles. The first-order valence-electron chi connectivity index (χ1n) is 8.24. The van der Waals surface area contributed by atoms with Crippen LogP contribution in [0.5, 0.6) is 0 Å². The molecule has 0 N–H and O–H groups in total. The number of hydrogen-bond acceptors (Lipinski definition) is 2. The fourth-order valence-electron chi connectivity index (χ4n) is 2.46. The van der Waals surface area contributed by atoms with E-state index in [9.17, 15) is 9.59 Å². The van der Waals surface area contributed by atoms with Crippen molar-refractivity contribution in [1.82, 2.24) is 0 Å². The lowest BCUT2D eigenvalue weighted by Gasteiger charge is -2.05. The summed E-state index contributed by atoms with van der Waals surface area (Å²) in [6.45, 7) is 2.17. The van der Waals surface area contributed by atoms with Crippen molar-refractivity contribution in [3.63, 3.8) is 0 Å². The van der Waals surface area contributed by atoms with Crippen molar-refractivity contribution >= 4 is 12.6 Å². The van der Waals surface area contributed by atoms with Crippen molar-refractivity contribution in [2.45, 2.75) is 90.4 Å². The molecule has 0 saturated heterocycles. The summed E-state index contributed by atoms with van der Waals surface area (Å²) in [6.07, 6.45) is 18.0. The van der Waals surface area contributed by atoms with Crippen molar-refractivity contribution in [3.8, 4) is 0 Å². The van der Waals surface area contributed by atoms with E-state index in [-0.39, 0.29) is 0 Å². The lowest BCUT2D eigenvalue weighted by atomic mass is 9.99. The molecule has 0 amide bonds. The van der Waals surface area contributed by atoms with Gasteiger partial charge in [-0.05, 0) is 19.3 Å². The summed E-state index contributed by atoms with van der Waals surface area (Å²) < 4.78 is 0. The SMILES string of the molecule is CCCCCCC=O.O=CC1CCCCCCCC1. The van der Waals surface area contributed by atoms with Gasteiger partial charge in [-0.1, -0.05) is 64.7 Å². The van der Waals surface area contributed by atoms with Crippen LogP contribution in [0.2, 0.25) is 0 Å². The van der Waals surface area contributed by atoms with Gasteiger partial charge in [-0.2, -0.15) is 0 Å². The van der Waals surface area contributed by atoms with Gasteiger partial charge in [-0.25, -0.2) is 0 Å². The van der Waals surface area contributed by atoms with E-state index >= 15 is 0 Å². The second-order valence-electron chi connectivity index (χ2n) is 5.61. The summed E-state index contributed by atoms with van der Waals surface area (Å²) in [6, 6.07) is 0. The molecule has 0 unspecified atom stereocenters. The van der Waals surface area contributed by atoms with Crippen LogP contribution in [0.15, 0.2) is 0 Å².